The predicted octanol–water partition coefficient (Wildman–Crippen LogP) is 2.99. The lowest BCUT2D eigenvalue weighted by molar-refractivity contribution is -0.142. The maximum atomic E-state index is 11.5. The van der Waals surface area contributed by atoms with E-state index in [2.05, 4.69) is 15.5 Å². The van der Waals surface area contributed by atoms with Crippen molar-refractivity contribution in [2.75, 3.05) is 5.32 Å². The topological polar surface area (TPSA) is 75.1 Å². The third-order valence-corrected chi connectivity index (χ3v) is 3.49. The third kappa shape index (κ3) is 2.57. The lowest BCUT2D eigenvalue weighted by Gasteiger charge is -2.26. The summed E-state index contributed by atoms with van der Waals surface area (Å²) >= 11 is 0. The van der Waals surface area contributed by atoms with Gasteiger partial charge in [-0.2, -0.15) is 5.10 Å². The zero-order valence-electron chi connectivity index (χ0n) is 12.0. The second-order valence-corrected chi connectivity index (χ2v) is 5.19. The molecule has 1 aromatic carbocycles. The molecule has 0 amide bonds. The lowest BCUT2D eigenvalue weighted by Crippen LogP contribution is -2.43. The number of carboxylic acids is 1. The van der Waals surface area contributed by atoms with Crippen LogP contribution in [0.5, 0.6) is 0 Å². The predicted molar refractivity (Wildman–Crippen MR) is 78.8 cm³/mol. The summed E-state index contributed by atoms with van der Waals surface area (Å²) < 4.78 is 0. The Balaban J connectivity index is 2.48. The van der Waals surface area contributed by atoms with Gasteiger partial charge in [0.05, 0.1) is 5.69 Å². The summed E-state index contributed by atoms with van der Waals surface area (Å²) in [6.07, 6.45) is 1.29. The first-order valence-electron chi connectivity index (χ1n) is 6.71. The summed E-state index contributed by atoms with van der Waals surface area (Å²) in [5.74, 6) is -0.365. The van der Waals surface area contributed by atoms with E-state index in [4.69, 9.17) is 0 Å². The number of anilines is 1. The Morgan fingerprint density at radius 1 is 1.30 bits per heavy atom. The molecule has 0 bridgehead atoms. The van der Waals surface area contributed by atoms with E-state index in [0.717, 1.165) is 22.9 Å². The van der Waals surface area contributed by atoms with Gasteiger partial charge in [0, 0.05) is 10.8 Å². The van der Waals surface area contributed by atoms with E-state index < -0.39 is 11.5 Å². The van der Waals surface area contributed by atoms with Gasteiger partial charge in [0.2, 0.25) is 0 Å². The number of aryl methyl sites for hydroxylation is 1. The summed E-state index contributed by atoms with van der Waals surface area (Å²) in [4.78, 5) is 11.5. The highest BCUT2D eigenvalue weighted by atomic mass is 16.4. The standard InChI is InChI=1S/C15H19N3O2/c1-4-9-15(3,14(19)20)16-13-12-8-6-5-7-11(12)10(2)17-18-13/h5-8H,4,9H2,1-3H3,(H,16,18)(H,19,20). The number of benzene rings is 1. The van der Waals surface area contributed by atoms with E-state index >= 15 is 0 Å². The molecule has 0 aliphatic carbocycles. The summed E-state index contributed by atoms with van der Waals surface area (Å²) in [5.41, 5.74) is -0.208. The van der Waals surface area contributed by atoms with Gasteiger partial charge in [-0.25, -0.2) is 4.79 Å². The van der Waals surface area contributed by atoms with Gasteiger partial charge in [-0.05, 0) is 20.3 Å². The number of nitrogens with zero attached hydrogens (tertiary/aromatic N) is 2. The van der Waals surface area contributed by atoms with Gasteiger partial charge in [-0.3, -0.25) is 0 Å². The molecule has 0 spiro atoms. The first kappa shape index (κ1) is 14.2. The lowest BCUT2D eigenvalue weighted by atomic mass is 9.96. The molecular formula is C15H19N3O2. The van der Waals surface area contributed by atoms with Gasteiger partial charge in [0.15, 0.2) is 5.82 Å². The Morgan fingerprint density at radius 2 is 1.95 bits per heavy atom. The molecule has 2 rings (SSSR count). The normalized spacial score (nSPS) is 13.9. The van der Waals surface area contributed by atoms with Gasteiger partial charge < -0.3 is 10.4 Å². The number of fused-ring (bicyclic) bond motifs is 1. The third-order valence-electron chi connectivity index (χ3n) is 3.49. The molecule has 1 aromatic heterocycles. The number of carboxylic acid groups (broad SMARTS) is 1. The highest BCUT2D eigenvalue weighted by Crippen LogP contribution is 2.26. The Kier molecular flexibility index (Phi) is 3.88. The molecule has 5 heteroatoms. The Labute approximate surface area is 118 Å². The molecule has 1 atom stereocenters. The van der Waals surface area contributed by atoms with Gasteiger partial charge in [0.25, 0.3) is 0 Å². The molecule has 0 radical (unpaired) electrons. The smallest absolute Gasteiger partial charge is 0.329 e. The number of hydrogen-bond donors (Lipinski definition) is 2. The van der Waals surface area contributed by atoms with Crippen LogP contribution in [0.3, 0.4) is 0 Å². The van der Waals surface area contributed by atoms with E-state index in [-0.39, 0.29) is 0 Å². The van der Waals surface area contributed by atoms with Crippen molar-refractivity contribution in [3.8, 4) is 0 Å². The molecule has 20 heavy (non-hydrogen) atoms. The van der Waals surface area contributed by atoms with Crippen LogP contribution in [0, 0.1) is 6.92 Å². The van der Waals surface area contributed by atoms with Crippen molar-refractivity contribution in [1.29, 1.82) is 0 Å². The monoisotopic (exact) mass is 273 g/mol. The minimum Gasteiger partial charge on any atom is -0.480 e. The number of nitrogens with one attached hydrogen (secondary N) is 1. The van der Waals surface area contributed by atoms with Crippen molar-refractivity contribution in [1.82, 2.24) is 10.2 Å². The van der Waals surface area contributed by atoms with Gasteiger partial charge in [-0.15, -0.1) is 5.10 Å². The number of hydrogen-bond acceptors (Lipinski definition) is 4. The van der Waals surface area contributed by atoms with Crippen LogP contribution >= 0.6 is 0 Å². The molecular weight excluding hydrogens is 254 g/mol. The Hall–Kier alpha value is -2.17. The zero-order valence-corrected chi connectivity index (χ0v) is 12.0. The highest BCUT2D eigenvalue weighted by Gasteiger charge is 2.33. The van der Waals surface area contributed by atoms with Gasteiger partial charge >= 0.3 is 5.97 Å². The molecule has 0 aliphatic heterocycles. The summed E-state index contributed by atoms with van der Waals surface area (Å²) in [6.45, 7) is 5.53. The first-order chi connectivity index (χ1) is 9.48. The van der Waals surface area contributed by atoms with Crippen molar-refractivity contribution in [3.63, 3.8) is 0 Å². The summed E-state index contributed by atoms with van der Waals surface area (Å²) in [6, 6.07) is 7.73. The number of aliphatic carboxylic acids is 1. The fourth-order valence-corrected chi connectivity index (χ4v) is 2.31. The van der Waals surface area contributed by atoms with Crippen molar-refractivity contribution in [3.05, 3.63) is 30.0 Å². The van der Waals surface area contributed by atoms with Crippen LogP contribution < -0.4 is 5.32 Å². The maximum Gasteiger partial charge on any atom is 0.329 e. The average Bonchev–Trinajstić information content (AvgIpc) is 2.42. The van der Waals surface area contributed by atoms with Crippen molar-refractivity contribution < 1.29 is 9.90 Å². The van der Waals surface area contributed by atoms with E-state index in [9.17, 15) is 9.90 Å². The van der Waals surface area contributed by atoms with Gasteiger partial charge in [-0.1, -0.05) is 37.6 Å². The molecule has 5 nitrogen and oxygen atoms in total. The highest BCUT2D eigenvalue weighted by molar-refractivity contribution is 5.94. The molecule has 1 unspecified atom stereocenters. The van der Waals surface area contributed by atoms with Crippen LogP contribution in [0.15, 0.2) is 24.3 Å². The fourth-order valence-electron chi connectivity index (χ4n) is 2.31. The van der Waals surface area contributed by atoms with Crippen molar-refractivity contribution in [2.45, 2.75) is 39.2 Å². The first-order valence-corrected chi connectivity index (χ1v) is 6.71. The molecule has 0 saturated heterocycles. The molecule has 0 fully saturated rings. The second-order valence-electron chi connectivity index (χ2n) is 5.19. The molecule has 1 heterocycles. The van der Waals surface area contributed by atoms with Crippen molar-refractivity contribution in [2.24, 2.45) is 0 Å². The molecule has 0 saturated carbocycles. The van der Waals surface area contributed by atoms with E-state index in [0.29, 0.717) is 12.2 Å². The average molecular weight is 273 g/mol. The molecule has 0 aliphatic rings. The minimum absolute atomic E-state index is 0.518. The van der Waals surface area contributed by atoms with Crippen LogP contribution in [0.1, 0.15) is 32.4 Å². The Bertz CT molecular complexity index is 642. The molecule has 2 aromatic rings. The fraction of sp³-hybridized carbons (Fsp3) is 0.400. The largest absolute Gasteiger partial charge is 0.480 e. The quantitative estimate of drug-likeness (QED) is 0.876. The summed E-state index contributed by atoms with van der Waals surface area (Å²) in [7, 11) is 0. The SMILES string of the molecule is CCCC(C)(Nc1nnc(C)c2ccccc12)C(=O)O. The van der Waals surface area contributed by atoms with Crippen molar-refractivity contribution >= 4 is 22.6 Å². The number of rotatable bonds is 5. The van der Waals surface area contributed by atoms with Crippen LogP contribution in [-0.2, 0) is 4.79 Å². The summed E-state index contributed by atoms with van der Waals surface area (Å²) in [5, 5.41) is 22.6. The number of aromatic nitrogens is 2. The second kappa shape index (κ2) is 5.45. The van der Waals surface area contributed by atoms with Crippen LogP contribution in [0.4, 0.5) is 5.82 Å². The van der Waals surface area contributed by atoms with Gasteiger partial charge in [0.1, 0.15) is 5.54 Å². The van der Waals surface area contributed by atoms with E-state index in [1.165, 1.54) is 0 Å². The zero-order chi connectivity index (χ0) is 14.8. The molecule has 106 valence electrons. The Morgan fingerprint density at radius 3 is 2.55 bits per heavy atom. The van der Waals surface area contributed by atoms with Crippen LogP contribution in [0.25, 0.3) is 10.8 Å². The maximum absolute atomic E-state index is 11.5. The van der Waals surface area contributed by atoms with Crippen LogP contribution in [0.2, 0.25) is 0 Å². The number of carbonyl (C=O) groups is 1. The van der Waals surface area contributed by atoms with Crippen LogP contribution in [-0.4, -0.2) is 26.8 Å². The molecule has 2 N–H and O–H groups in total. The van der Waals surface area contributed by atoms with E-state index in [1.807, 2.05) is 38.1 Å². The minimum atomic E-state index is -1.04. The van der Waals surface area contributed by atoms with E-state index in [1.54, 1.807) is 6.92 Å².